The number of hydrogen-bond acceptors (Lipinski definition) is 3. The molecule has 1 aromatic rings. The standard InChI is InChI=1S/C15H24N2O2/c1-5-14(15(18)17-10-12(3)16-4)19-13-8-6-7-11(2)9-13/h6-9,12,14,16H,5,10H2,1-4H3,(H,17,18). The molecular weight excluding hydrogens is 240 g/mol. The quantitative estimate of drug-likeness (QED) is 0.790. The van der Waals surface area contributed by atoms with Crippen LogP contribution >= 0.6 is 0 Å². The van der Waals surface area contributed by atoms with Crippen LogP contribution < -0.4 is 15.4 Å². The molecule has 4 heteroatoms. The highest BCUT2D eigenvalue weighted by Crippen LogP contribution is 2.15. The molecule has 2 unspecified atom stereocenters. The number of rotatable bonds is 7. The van der Waals surface area contributed by atoms with Crippen molar-refractivity contribution in [1.82, 2.24) is 10.6 Å². The predicted molar refractivity (Wildman–Crippen MR) is 77.4 cm³/mol. The maximum absolute atomic E-state index is 12.0. The van der Waals surface area contributed by atoms with Crippen LogP contribution in [0, 0.1) is 6.92 Å². The first-order valence-corrected chi connectivity index (χ1v) is 6.75. The summed E-state index contributed by atoms with van der Waals surface area (Å²) in [6.45, 7) is 6.57. The number of amides is 1. The van der Waals surface area contributed by atoms with Gasteiger partial charge in [-0.25, -0.2) is 0 Å². The Bertz CT molecular complexity index is 407. The minimum Gasteiger partial charge on any atom is -0.481 e. The summed E-state index contributed by atoms with van der Waals surface area (Å²) >= 11 is 0. The number of benzene rings is 1. The molecule has 1 amide bonds. The summed E-state index contributed by atoms with van der Waals surface area (Å²) in [4.78, 5) is 12.0. The first-order chi connectivity index (χ1) is 9.06. The largest absolute Gasteiger partial charge is 0.481 e. The summed E-state index contributed by atoms with van der Waals surface area (Å²) in [6.07, 6.45) is 0.208. The van der Waals surface area contributed by atoms with E-state index in [1.807, 2.05) is 52.1 Å². The van der Waals surface area contributed by atoms with E-state index in [1.165, 1.54) is 0 Å². The average Bonchev–Trinajstić information content (AvgIpc) is 2.41. The van der Waals surface area contributed by atoms with E-state index in [9.17, 15) is 4.79 Å². The van der Waals surface area contributed by atoms with Gasteiger partial charge < -0.3 is 15.4 Å². The minimum atomic E-state index is -0.439. The number of aryl methyl sites for hydroxylation is 1. The van der Waals surface area contributed by atoms with Gasteiger partial charge in [-0.3, -0.25) is 4.79 Å². The number of likely N-dealkylation sites (N-methyl/N-ethyl adjacent to an activating group) is 1. The molecule has 1 aromatic carbocycles. The second kappa shape index (κ2) is 7.79. The molecule has 2 N–H and O–H groups in total. The second-order valence-corrected chi connectivity index (χ2v) is 4.77. The van der Waals surface area contributed by atoms with Crippen LogP contribution in [-0.4, -0.2) is 31.6 Å². The third kappa shape index (κ3) is 5.30. The molecule has 0 heterocycles. The van der Waals surface area contributed by atoms with E-state index < -0.39 is 6.10 Å². The second-order valence-electron chi connectivity index (χ2n) is 4.77. The third-order valence-corrected chi connectivity index (χ3v) is 3.01. The van der Waals surface area contributed by atoms with Crippen molar-refractivity contribution >= 4 is 5.91 Å². The predicted octanol–water partition coefficient (Wildman–Crippen LogP) is 1.88. The van der Waals surface area contributed by atoms with Gasteiger partial charge in [0.1, 0.15) is 5.75 Å². The van der Waals surface area contributed by atoms with Crippen LogP contribution in [0.1, 0.15) is 25.8 Å². The molecule has 0 aliphatic carbocycles. The van der Waals surface area contributed by atoms with E-state index in [0.29, 0.717) is 13.0 Å². The van der Waals surface area contributed by atoms with Gasteiger partial charge in [0.05, 0.1) is 0 Å². The molecule has 19 heavy (non-hydrogen) atoms. The lowest BCUT2D eigenvalue weighted by atomic mass is 10.2. The van der Waals surface area contributed by atoms with Crippen LogP contribution in [0.15, 0.2) is 24.3 Å². The highest BCUT2D eigenvalue weighted by molar-refractivity contribution is 5.81. The Hall–Kier alpha value is -1.55. The summed E-state index contributed by atoms with van der Waals surface area (Å²) in [5, 5.41) is 5.97. The Balaban J connectivity index is 2.55. The van der Waals surface area contributed by atoms with E-state index >= 15 is 0 Å². The number of ether oxygens (including phenoxy) is 1. The highest BCUT2D eigenvalue weighted by Gasteiger charge is 2.18. The summed E-state index contributed by atoms with van der Waals surface area (Å²) in [7, 11) is 1.87. The van der Waals surface area contributed by atoms with E-state index in [-0.39, 0.29) is 11.9 Å². The molecule has 0 saturated carbocycles. The zero-order valence-corrected chi connectivity index (χ0v) is 12.2. The maximum Gasteiger partial charge on any atom is 0.261 e. The Morgan fingerprint density at radius 1 is 1.42 bits per heavy atom. The zero-order chi connectivity index (χ0) is 14.3. The fourth-order valence-corrected chi connectivity index (χ4v) is 1.64. The maximum atomic E-state index is 12.0. The molecule has 0 aromatic heterocycles. The molecule has 106 valence electrons. The van der Waals surface area contributed by atoms with E-state index in [0.717, 1.165) is 11.3 Å². The molecule has 4 nitrogen and oxygen atoms in total. The SMILES string of the molecule is CCC(Oc1cccc(C)c1)C(=O)NCC(C)NC. The summed E-state index contributed by atoms with van der Waals surface area (Å²) in [6, 6.07) is 7.99. The summed E-state index contributed by atoms with van der Waals surface area (Å²) in [5.74, 6) is 0.676. The minimum absolute atomic E-state index is 0.0638. The molecule has 0 radical (unpaired) electrons. The van der Waals surface area contributed by atoms with E-state index in [4.69, 9.17) is 4.74 Å². The highest BCUT2D eigenvalue weighted by atomic mass is 16.5. The van der Waals surface area contributed by atoms with Gasteiger partial charge in [0, 0.05) is 12.6 Å². The molecule has 1 rings (SSSR count). The lowest BCUT2D eigenvalue weighted by Gasteiger charge is -2.19. The lowest BCUT2D eigenvalue weighted by Crippen LogP contribution is -2.43. The summed E-state index contributed by atoms with van der Waals surface area (Å²) < 4.78 is 5.74. The molecule has 0 saturated heterocycles. The summed E-state index contributed by atoms with van der Waals surface area (Å²) in [5.41, 5.74) is 1.12. The monoisotopic (exact) mass is 264 g/mol. The first kappa shape index (κ1) is 15.5. The Morgan fingerprint density at radius 3 is 2.74 bits per heavy atom. The first-order valence-electron chi connectivity index (χ1n) is 6.75. The molecule has 0 bridgehead atoms. The molecule has 2 atom stereocenters. The van der Waals surface area contributed by atoms with Crippen molar-refractivity contribution in [2.75, 3.05) is 13.6 Å². The van der Waals surface area contributed by atoms with Crippen LogP contribution in [0.3, 0.4) is 0 Å². The zero-order valence-electron chi connectivity index (χ0n) is 12.2. The van der Waals surface area contributed by atoms with Crippen molar-refractivity contribution in [3.63, 3.8) is 0 Å². The molecule has 0 fully saturated rings. The van der Waals surface area contributed by atoms with Crippen LogP contribution in [0.5, 0.6) is 5.75 Å². The van der Waals surface area contributed by atoms with Gasteiger partial charge in [-0.05, 0) is 45.0 Å². The Morgan fingerprint density at radius 2 is 2.16 bits per heavy atom. The van der Waals surface area contributed by atoms with Gasteiger partial charge in [-0.15, -0.1) is 0 Å². The average molecular weight is 264 g/mol. The Kier molecular flexibility index (Phi) is 6.36. The molecule has 0 aliphatic heterocycles. The van der Waals surface area contributed by atoms with Crippen molar-refractivity contribution in [3.05, 3.63) is 29.8 Å². The number of carbonyl (C=O) groups is 1. The number of carbonyl (C=O) groups excluding carboxylic acids is 1. The fourth-order valence-electron chi connectivity index (χ4n) is 1.64. The van der Waals surface area contributed by atoms with E-state index in [1.54, 1.807) is 0 Å². The normalized spacial score (nSPS) is 13.7. The van der Waals surface area contributed by atoms with Gasteiger partial charge in [-0.1, -0.05) is 19.1 Å². The third-order valence-electron chi connectivity index (χ3n) is 3.01. The van der Waals surface area contributed by atoms with Crippen molar-refractivity contribution < 1.29 is 9.53 Å². The van der Waals surface area contributed by atoms with Crippen LogP contribution in [0.4, 0.5) is 0 Å². The van der Waals surface area contributed by atoms with E-state index in [2.05, 4.69) is 10.6 Å². The molecule has 0 aliphatic rings. The molecular formula is C15H24N2O2. The number of hydrogen-bond donors (Lipinski definition) is 2. The Labute approximate surface area is 115 Å². The van der Waals surface area contributed by atoms with Crippen molar-refractivity contribution in [2.45, 2.75) is 39.3 Å². The van der Waals surface area contributed by atoms with Gasteiger partial charge in [0.15, 0.2) is 6.10 Å². The fraction of sp³-hybridized carbons (Fsp3) is 0.533. The van der Waals surface area contributed by atoms with Gasteiger partial charge >= 0.3 is 0 Å². The lowest BCUT2D eigenvalue weighted by molar-refractivity contribution is -0.128. The smallest absolute Gasteiger partial charge is 0.261 e. The van der Waals surface area contributed by atoms with Gasteiger partial charge in [-0.2, -0.15) is 0 Å². The van der Waals surface area contributed by atoms with Crippen LogP contribution in [-0.2, 0) is 4.79 Å². The molecule has 0 spiro atoms. The van der Waals surface area contributed by atoms with Crippen molar-refractivity contribution in [3.8, 4) is 5.75 Å². The van der Waals surface area contributed by atoms with Crippen LogP contribution in [0.25, 0.3) is 0 Å². The van der Waals surface area contributed by atoms with Gasteiger partial charge in [0.25, 0.3) is 5.91 Å². The van der Waals surface area contributed by atoms with Crippen LogP contribution in [0.2, 0.25) is 0 Å². The van der Waals surface area contributed by atoms with Crippen molar-refractivity contribution in [2.24, 2.45) is 0 Å². The van der Waals surface area contributed by atoms with Gasteiger partial charge in [0.2, 0.25) is 0 Å². The number of nitrogens with one attached hydrogen (secondary N) is 2. The van der Waals surface area contributed by atoms with Crippen molar-refractivity contribution in [1.29, 1.82) is 0 Å². The topological polar surface area (TPSA) is 50.4 Å².